The van der Waals surface area contributed by atoms with Crippen molar-refractivity contribution in [3.05, 3.63) is 48.2 Å². The Kier molecular flexibility index (Phi) is 3.45. The van der Waals surface area contributed by atoms with Crippen LogP contribution in [0.2, 0.25) is 0 Å². The third-order valence-electron chi connectivity index (χ3n) is 2.30. The van der Waals surface area contributed by atoms with Gasteiger partial charge in [-0.05, 0) is 23.8 Å². The minimum absolute atomic E-state index is 0.239. The van der Waals surface area contributed by atoms with Gasteiger partial charge in [0.2, 0.25) is 5.88 Å². The molecule has 0 fully saturated rings. The minimum atomic E-state index is -0.294. The average molecular weight is 231 g/mol. The topological polar surface area (TPSA) is 51.3 Å². The first-order valence-corrected chi connectivity index (χ1v) is 5.25. The van der Waals surface area contributed by atoms with Crippen molar-refractivity contribution in [1.29, 1.82) is 0 Å². The molecule has 0 unspecified atom stereocenters. The number of hydrogen-bond acceptors (Lipinski definition) is 3. The molecule has 0 spiro atoms. The van der Waals surface area contributed by atoms with Gasteiger partial charge in [-0.1, -0.05) is 12.1 Å². The fourth-order valence-electron chi connectivity index (χ4n) is 1.45. The first kappa shape index (κ1) is 11.3. The van der Waals surface area contributed by atoms with E-state index in [2.05, 4.69) is 4.98 Å². The summed E-state index contributed by atoms with van der Waals surface area (Å²) in [5.41, 5.74) is 0.891. The van der Waals surface area contributed by atoms with Gasteiger partial charge in [0.15, 0.2) is 0 Å². The molecule has 1 heterocycles. The van der Waals surface area contributed by atoms with Crippen molar-refractivity contribution in [2.75, 3.05) is 7.11 Å². The van der Waals surface area contributed by atoms with Crippen molar-refractivity contribution in [2.24, 2.45) is 0 Å². The molecule has 2 aromatic rings. The number of ether oxygens (including phenoxy) is 2. The third-order valence-corrected chi connectivity index (χ3v) is 2.30. The van der Waals surface area contributed by atoms with E-state index < -0.39 is 0 Å². The van der Waals surface area contributed by atoms with E-state index in [0.29, 0.717) is 5.88 Å². The van der Waals surface area contributed by atoms with Crippen LogP contribution in [0.4, 0.5) is 0 Å². The van der Waals surface area contributed by atoms with Crippen LogP contribution >= 0.6 is 0 Å². The summed E-state index contributed by atoms with van der Waals surface area (Å²) in [5.74, 6) is 0.938. The highest BCUT2D eigenvalue weighted by molar-refractivity contribution is 5.74. The maximum atomic E-state index is 11.6. The maximum Gasteiger partial charge on any atom is 0.316 e. The average Bonchev–Trinajstić information content (AvgIpc) is 2.82. The summed E-state index contributed by atoms with van der Waals surface area (Å²) < 4.78 is 10.1. The molecule has 2 rings (SSSR count). The number of nitrogens with one attached hydrogen (secondary N) is 1. The van der Waals surface area contributed by atoms with Crippen LogP contribution in [0.25, 0.3) is 0 Å². The third kappa shape index (κ3) is 3.11. The number of carbonyl (C=O) groups excluding carboxylic acids is 1. The van der Waals surface area contributed by atoms with E-state index in [0.717, 1.165) is 11.3 Å². The van der Waals surface area contributed by atoms with Gasteiger partial charge < -0.3 is 14.5 Å². The molecule has 1 N–H and O–H groups in total. The van der Waals surface area contributed by atoms with E-state index in [9.17, 15) is 4.79 Å². The highest BCUT2D eigenvalue weighted by Crippen LogP contribution is 2.12. The summed E-state index contributed by atoms with van der Waals surface area (Å²) in [4.78, 5) is 14.4. The van der Waals surface area contributed by atoms with Crippen LogP contribution < -0.4 is 9.47 Å². The highest BCUT2D eigenvalue weighted by Gasteiger charge is 2.06. The van der Waals surface area contributed by atoms with Gasteiger partial charge in [0, 0.05) is 12.3 Å². The fraction of sp³-hybridized carbons (Fsp3) is 0.154. The van der Waals surface area contributed by atoms with Crippen LogP contribution in [-0.4, -0.2) is 18.1 Å². The molecule has 0 aliphatic carbocycles. The molecule has 4 heteroatoms. The number of rotatable bonds is 4. The van der Waals surface area contributed by atoms with E-state index >= 15 is 0 Å². The van der Waals surface area contributed by atoms with Gasteiger partial charge in [-0.3, -0.25) is 4.79 Å². The second-order valence-electron chi connectivity index (χ2n) is 3.53. The van der Waals surface area contributed by atoms with Crippen molar-refractivity contribution >= 4 is 5.97 Å². The number of aromatic amines is 1. The second-order valence-corrected chi connectivity index (χ2v) is 3.53. The number of carbonyl (C=O) groups is 1. The lowest BCUT2D eigenvalue weighted by atomic mass is 10.1. The Labute approximate surface area is 99.2 Å². The van der Waals surface area contributed by atoms with Gasteiger partial charge in [-0.15, -0.1) is 0 Å². The summed E-state index contributed by atoms with van der Waals surface area (Å²) in [6.07, 6.45) is 1.94. The molecule has 1 aromatic heterocycles. The molecule has 4 nitrogen and oxygen atoms in total. The fourth-order valence-corrected chi connectivity index (χ4v) is 1.45. The van der Waals surface area contributed by atoms with E-state index in [4.69, 9.17) is 9.47 Å². The predicted octanol–water partition coefficient (Wildman–Crippen LogP) is 2.17. The van der Waals surface area contributed by atoms with E-state index in [1.807, 2.05) is 24.3 Å². The Bertz CT molecular complexity index is 474. The Hall–Kier alpha value is -2.23. The predicted molar refractivity (Wildman–Crippen MR) is 63.1 cm³/mol. The minimum Gasteiger partial charge on any atom is -0.497 e. The molecule has 0 aliphatic rings. The molecule has 88 valence electrons. The first-order chi connectivity index (χ1) is 8.28. The van der Waals surface area contributed by atoms with Gasteiger partial charge in [0.05, 0.1) is 13.5 Å². The number of aromatic nitrogens is 1. The lowest BCUT2D eigenvalue weighted by molar-refractivity contribution is -0.133. The summed E-state index contributed by atoms with van der Waals surface area (Å²) in [6.45, 7) is 0. The van der Waals surface area contributed by atoms with Crippen molar-refractivity contribution in [3.63, 3.8) is 0 Å². The molecular weight excluding hydrogens is 218 g/mol. The summed E-state index contributed by atoms with van der Waals surface area (Å²) in [6, 6.07) is 10.8. The quantitative estimate of drug-likeness (QED) is 0.820. The Morgan fingerprint density at radius 1 is 1.24 bits per heavy atom. The molecular formula is C13H13NO3. The maximum absolute atomic E-state index is 11.6. The Morgan fingerprint density at radius 3 is 2.59 bits per heavy atom. The van der Waals surface area contributed by atoms with Crippen molar-refractivity contribution in [1.82, 2.24) is 4.98 Å². The highest BCUT2D eigenvalue weighted by atomic mass is 16.5. The van der Waals surface area contributed by atoms with Crippen LogP contribution in [0.3, 0.4) is 0 Å². The molecule has 0 radical (unpaired) electrons. The SMILES string of the molecule is COc1ccc(CC(=O)Oc2ccc[nH]2)cc1. The molecule has 0 saturated carbocycles. The lowest BCUT2D eigenvalue weighted by Crippen LogP contribution is -2.11. The van der Waals surface area contributed by atoms with Crippen LogP contribution in [0.1, 0.15) is 5.56 Å². The van der Waals surface area contributed by atoms with Crippen LogP contribution in [0, 0.1) is 0 Å². The monoisotopic (exact) mass is 231 g/mol. The molecule has 0 amide bonds. The number of hydrogen-bond donors (Lipinski definition) is 1. The number of methoxy groups -OCH3 is 1. The zero-order valence-electron chi connectivity index (χ0n) is 9.47. The number of benzene rings is 1. The van der Waals surface area contributed by atoms with Crippen LogP contribution in [0.15, 0.2) is 42.6 Å². The Balaban J connectivity index is 1.93. The zero-order valence-corrected chi connectivity index (χ0v) is 9.47. The van der Waals surface area contributed by atoms with Gasteiger partial charge in [0.25, 0.3) is 0 Å². The summed E-state index contributed by atoms with van der Waals surface area (Å²) in [7, 11) is 1.61. The second kappa shape index (κ2) is 5.21. The summed E-state index contributed by atoms with van der Waals surface area (Å²) >= 11 is 0. The number of H-pyrrole nitrogens is 1. The van der Waals surface area contributed by atoms with Gasteiger partial charge in [-0.2, -0.15) is 0 Å². The van der Waals surface area contributed by atoms with E-state index in [1.54, 1.807) is 25.4 Å². The van der Waals surface area contributed by atoms with Crippen LogP contribution in [-0.2, 0) is 11.2 Å². The van der Waals surface area contributed by atoms with Gasteiger partial charge >= 0.3 is 5.97 Å². The van der Waals surface area contributed by atoms with Crippen molar-refractivity contribution < 1.29 is 14.3 Å². The smallest absolute Gasteiger partial charge is 0.316 e. The molecule has 0 bridgehead atoms. The summed E-state index contributed by atoms with van der Waals surface area (Å²) in [5, 5.41) is 0. The van der Waals surface area contributed by atoms with Crippen molar-refractivity contribution in [2.45, 2.75) is 6.42 Å². The Morgan fingerprint density at radius 2 is 2.00 bits per heavy atom. The molecule has 1 aromatic carbocycles. The van der Waals surface area contributed by atoms with Crippen LogP contribution in [0.5, 0.6) is 11.6 Å². The first-order valence-electron chi connectivity index (χ1n) is 5.25. The van der Waals surface area contributed by atoms with Gasteiger partial charge in [0.1, 0.15) is 5.75 Å². The van der Waals surface area contributed by atoms with E-state index in [1.165, 1.54) is 0 Å². The van der Waals surface area contributed by atoms with Crippen molar-refractivity contribution in [3.8, 4) is 11.6 Å². The zero-order chi connectivity index (χ0) is 12.1. The lowest BCUT2D eigenvalue weighted by Gasteiger charge is -2.03. The molecule has 0 atom stereocenters. The molecule has 0 saturated heterocycles. The van der Waals surface area contributed by atoms with Gasteiger partial charge in [-0.25, -0.2) is 0 Å². The van der Waals surface area contributed by atoms with E-state index in [-0.39, 0.29) is 12.4 Å². The standard InChI is InChI=1S/C13H13NO3/c1-16-11-6-4-10(5-7-11)9-13(15)17-12-3-2-8-14-12/h2-8,14H,9H2,1H3. The largest absolute Gasteiger partial charge is 0.497 e. The molecule has 0 aliphatic heterocycles. The number of esters is 1. The normalized spacial score (nSPS) is 9.94. The molecule has 17 heavy (non-hydrogen) atoms.